The van der Waals surface area contributed by atoms with E-state index in [0.29, 0.717) is 30.5 Å². The Balaban J connectivity index is 1.11. The number of aliphatic hydroxyl groups is 1. The lowest BCUT2D eigenvalue weighted by Gasteiger charge is -2.27. The van der Waals surface area contributed by atoms with Gasteiger partial charge in [-0.1, -0.05) is 30.3 Å². The van der Waals surface area contributed by atoms with Crippen molar-refractivity contribution < 1.29 is 43.6 Å². The Kier molecular flexibility index (Phi) is 13.4. The first kappa shape index (κ1) is 39.5. The molecule has 2 heterocycles. The second kappa shape index (κ2) is 18.3. The molecule has 0 unspecified atom stereocenters. The molecule has 0 bridgehead atoms. The van der Waals surface area contributed by atoms with E-state index >= 15 is 0 Å². The average molecular weight is 765 g/mol. The van der Waals surface area contributed by atoms with Gasteiger partial charge in [0, 0.05) is 55.2 Å². The van der Waals surface area contributed by atoms with Gasteiger partial charge in [0.15, 0.2) is 0 Å². The minimum atomic E-state index is -1.31. The molecule has 2 aliphatic heterocycles. The van der Waals surface area contributed by atoms with Crippen molar-refractivity contribution in [1.82, 2.24) is 20.4 Å². The third-order valence-corrected chi connectivity index (χ3v) is 9.52. The molecular weight excluding hydrogens is 724 g/mol. The number of carbonyl (C=O) groups excluding carboxylic acids is 4. The highest BCUT2D eigenvalue weighted by Gasteiger charge is 2.42. The fraction of sp³-hybridized carbons (Fsp3) is 0.389. The Bertz CT molecular complexity index is 1820. The van der Waals surface area contributed by atoms with Crippen molar-refractivity contribution in [1.29, 1.82) is 0 Å². The van der Waals surface area contributed by atoms with Crippen molar-refractivity contribution in [2.75, 3.05) is 19.6 Å². The summed E-state index contributed by atoms with van der Waals surface area (Å²) in [5.41, 5.74) is 1.66. The molecule has 4 amide bonds. The maximum atomic E-state index is 13.6. The van der Waals surface area contributed by atoms with E-state index in [1.165, 1.54) is 53.4 Å². The summed E-state index contributed by atoms with van der Waals surface area (Å²) in [6, 6.07) is 18.0. The van der Waals surface area contributed by atoms with E-state index < -0.39 is 52.2 Å². The standard InChI is InChI=1S/C36H40N6O11S/c43-32(30(16-23-4-2-1-3-5-23)38-35(46)52-21-24-6-10-27(11-7-24)41(48)49)18-33(44)37-26-14-15-39(19-26)34(45)31-17-29(54)20-40(31)36(47)53-22-25-8-12-28(13-9-25)42(50)51/h1-13,26,29-32,43,54H,14-22H2,(H,37,44)(H,38,46)/t26-,29-,30-,31-,32+/m0/s1. The third kappa shape index (κ3) is 10.9. The lowest BCUT2D eigenvalue weighted by atomic mass is 9.99. The van der Waals surface area contributed by atoms with Crippen LogP contribution in [0.4, 0.5) is 21.0 Å². The van der Waals surface area contributed by atoms with Crippen molar-refractivity contribution in [3.63, 3.8) is 0 Å². The molecule has 2 fully saturated rings. The molecule has 54 heavy (non-hydrogen) atoms. The first-order valence-electron chi connectivity index (χ1n) is 17.2. The van der Waals surface area contributed by atoms with Crippen LogP contribution in [0.25, 0.3) is 0 Å². The number of alkyl carbamates (subject to hydrolysis) is 1. The van der Waals surface area contributed by atoms with Crippen LogP contribution >= 0.6 is 12.6 Å². The van der Waals surface area contributed by atoms with Gasteiger partial charge in [-0.2, -0.15) is 12.6 Å². The van der Waals surface area contributed by atoms with Crippen molar-refractivity contribution in [2.45, 2.75) is 68.4 Å². The van der Waals surface area contributed by atoms with Gasteiger partial charge in [-0.15, -0.1) is 0 Å². The van der Waals surface area contributed by atoms with Crippen molar-refractivity contribution in [3.05, 3.63) is 116 Å². The maximum absolute atomic E-state index is 13.6. The zero-order chi connectivity index (χ0) is 38.8. The number of likely N-dealkylation sites (tertiary alicyclic amines) is 2. The van der Waals surface area contributed by atoms with Gasteiger partial charge >= 0.3 is 12.2 Å². The predicted molar refractivity (Wildman–Crippen MR) is 195 cm³/mol. The highest BCUT2D eigenvalue weighted by molar-refractivity contribution is 7.81. The summed E-state index contributed by atoms with van der Waals surface area (Å²) in [4.78, 5) is 76.1. The minimum Gasteiger partial charge on any atom is -0.445 e. The summed E-state index contributed by atoms with van der Waals surface area (Å²) < 4.78 is 10.7. The van der Waals surface area contributed by atoms with E-state index in [1.807, 2.05) is 18.2 Å². The largest absolute Gasteiger partial charge is 0.445 e. The van der Waals surface area contributed by atoms with Crippen molar-refractivity contribution >= 4 is 48.0 Å². The van der Waals surface area contributed by atoms with Crippen molar-refractivity contribution in [2.24, 2.45) is 0 Å². The quantitative estimate of drug-likeness (QED) is 0.106. The average Bonchev–Trinajstić information content (AvgIpc) is 3.79. The summed E-state index contributed by atoms with van der Waals surface area (Å²) in [6.07, 6.45) is -2.30. The monoisotopic (exact) mass is 764 g/mol. The van der Waals surface area contributed by atoms with E-state index in [-0.39, 0.29) is 61.7 Å². The van der Waals surface area contributed by atoms with Crippen LogP contribution in [0.15, 0.2) is 78.9 Å². The first-order chi connectivity index (χ1) is 25.9. The summed E-state index contributed by atoms with van der Waals surface area (Å²) in [7, 11) is 0. The van der Waals surface area contributed by atoms with Gasteiger partial charge in [0.05, 0.1) is 28.4 Å². The molecule has 0 aliphatic carbocycles. The summed E-state index contributed by atoms with van der Waals surface area (Å²) in [5.74, 6) is -0.802. The number of ether oxygens (including phenoxy) is 2. The second-order valence-electron chi connectivity index (χ2n) is 13.1. The fourth-order valence-corrected chi connectivity index (χ4v) is 6.68. The molecule has 0 aromatic heterocycles. The molecule has 5 atom stereocenters. The van der Waals surface area contributed by atoms with Crippen LogP contribution in [0.1, 0.15) is 36.0 Å². The van der Waals surface area contributed by atoms with Crippen LogP contribution in [0.3, 0.4) is 0 Å². The second-order valence-corrected chi connectivity index (χ2v) is 13.8. The van der Waals surface area contributed by atoms with Crippen molar-refractivity contribution in [3.8, 4) is 0 Å². The molecule has 2 aliphatic rings. The molecule has 3 aromatic carbocycles. The number of nitro groups is 2. The van der Waals surface area contributed by atoms with E-state index in [9.17, 15) is 44.5 Å². The number of nitrogens with one attached hydrogen (secondary N) is 2. The molecule has 5 rings (SSSR count). The van der Waals surface area contributed by atoms with Crippen LogP contribution < -0.4 is 10.6 Å². The summed E-state index contributed by atoms with van der Waals surface area (Å²) in [5, 5.41) is 38.2. The molecule has 17 nitrogen and oxygen atoms in total. The van der Waals surface area contributed by atoms with Crippen LogP contribution in [-0.4, -0.2) is 97.9 Å². The smallest absolute Gasteiger partial charge is 0.410 e. The topological polar surface area (TPSA) is 224 Å². The molecule has 0 saturated carbocycles. The number of nitrogens with zero attached hydrogens (tertiary/aromatic N) is 4. The van der Waals surface area contributed by atoms with Gasteiger partial charge in [-0.25, -0.2) is 9.59 Å². The lowest BCUT2D eigenvalue weighted by molar-refractivity contribution is -0.385. The molecular formula is C36H40N6O11S. The van der Waals surface area contributed by atoms with E-state index in [2.05, 4.69) is 23.3 Å². The fourth-order valence-electron chi connectivity index (χ4n) is 6.31. The highest BCUT2D eigenvalue weighted by atomic mass is 32.1. The number of hydrogen-bond acceptors (Lipinski definition) is 12. The van der Waals surface area contributed by atoms with Crippen LogP contribution in [0.2, 0.25) is 0 Å². The van der Waals surface area contributed by atoms with Crippen LogP contribution in [-0.2, 0) is 38.7 Å². The Morgan fingerprint density at radius 1 is 0.852 bits per heavy atom. The van der Waals surface area contributed by atoms with Gasteiger partial charge in [-0.05, 0) is 60.2 Å². The maximum Gasteiger partial charge on any atom is 0.410 e. The van der Waals surface area contributed by atoms with Gasteiger partial charge in [-0.3, -0.25) is 34.7 Å². The number of rotatable bonds is 14. The normalized spacial score (nSPS) is 19.0. The van der Waals surface area contributed by atoms with Gasteiger partial charge in [0.1, 0.15) is 19.3 Å². The van der Waals surface area contributed by atoms with E-state index in [1.54, 1.807) is 17.0 Å². The number of amides is 4. The molecule has 3 aromatic rings. The molecule has 2 saturated heterocycles. The van der Waals surface area contributed by atoms with Gasteiger partial charge < -0.3 is 30.1 Å². The van der Waals surface area contributed by atoms with Gasteiger partial charge in [0.25, 0.3) is 11.4 Å². The van der Waals surface area contributed by atoms with E-state index in [4.69, 9.17) is 9.47 Å². The Morgan fingerprint density at radius 3 is 2.04 bits per heavy atom. The number of carbonyl (C=O) groups is 4. The predicted octanol–water partition coefficient (Wildman–Crippen LogP) is 3.52. The van der Waals surface area contributed by atoms with Gasteiger partial charge in [0.2, 0.25) is 11.8 Å². The molecule has 18 heteroatoms. The zero-order valence-electron chi connectivity index (χ0n) is 29.0. The number of hydrogen-bond donors (Lipinski definition) is 4. The number of nitro benzene ring substituents is 2. The number of non-ortho nitro benzene ring substituents is 2. The number of benzene rings is 3. The molecule has 286 valence electrons. The molecule has 0 radical (unpaired) electrons. The summed E-state index contributed by atoms with van der Waals surface area (Å²) >= 11 is 4.49. The zero-order valence-corrected chi connectivity index (χ0v) is 29.9. The van der Waals surface area contributed by atoms with E-state index in [0.717, 1.165) is 5.56 Å². The number of aliphatic hydroxyl groups excluding tert-OH is 1. The number of thiol groups is 1. The Hall–Kier alpha value is -5.75. The molecule has 3 N–H and O–H groups in total. The third-order valence-electron chi connectivity index (χ3n) is 9.15. The SMILES string of the molecule is O=C(C[C@@H](O)[C@H](Cc1ccccc1)NC(=O)OCc1ccc([N+](=O)[O-])cc1)N[C@H]1CCN(C(=O)[C@@H]2C[C@H](S)CN2C(=O)OCc2ccc([N+](=O)[O-])cc2)C1. The molecule has 0 spiro atoms. The summed E-state index contributed by atoms with van der Waals surface area (Å²) in [6.45, 7) is 0.380. The lowest BCUT2D eigenvalue weighted by Crippen LogP contribution is -2.49. The highest BCUT2D eigenvalue weighted by Crippen LogP contribution is 2.26. The Morgan fingerprint density at radius 2 is 1.44 bits per heavy atom. The first-order valence-corrected chi connectivity index (χ1v) is 17.7. The van der Waals surface area contributed by atoms with Crippen LogP contribution in [0, 0.1) is 20.2 Å². The van der Waals surface area contributed by atoms with Crippen LogP contribution in [0.5, 0.6) is 0 Å². The Labute approximate surface area is 315 Å². The minimum absolute atomic E-state index is 0.0918.